The lowest BCUT2D eigenvalue weighted by Gasteiger charge is -2.70. The van der Waals surface area contributed by atoms with Crippen LogP contribution in [0.2, 0.25) is 0 Å². The van der Waals surface area contributed by atoms with Crippen LogP contribution in [-0.4, -0.2) is 122 Å². The Labute approximate surface area is 247 Å². The highest BCUT2D eigenvalue weighted by Gasteiger charge is 2.89. The van der Waals surface area contributed by atoms with E-state index in [0.29, 0.717) is 31.7 Å². The number of fused-ring (bicyclic) bond motifs is 2. The molecule has 1 aromatic rings. The van der Waals surface area contributed by atoms with E-state index in [9.17, 15) is 20.1 Å². The highest BCUT2D eigenvalue weighted by molar-refractivity contribution is 5.89. The van der Waals surface area contributed by atoms with Crippen molar-refractivity contribution in [1.82, 2.24) is 4.90 Å². The molecule has 14 atom stereocenters. The van der Waals surface area contributed by atoms with Crippen molar-refractivity contribution in [2.45, 2.75) is 73.9 Å². The average Bonchev–Trinajstić information content (AvgIpc) is 3.37. The predicted octanol–water partition coefficient (Wildman–Crippen LogP) is 1.11. The fourth-order valence-corrected chi connectivity index (χ4v) is 11.8. The van der Waals surface area contributed by atoms with Crippen LogP contribution in [0, 0.1) is 34.5 Å². The SMILES string of the molecule is CCN1C[C@]2(COC)C(O)C[C@H](OC)[C@@]34[C@@H]5C[C@@]6(O)[C@@H](OC)C[C@@](O)([C@H]5[C@H]6OC(=O)c5ccccc5)[C@@H]([C@H](OC)[C@H]23)[C@@H]14. The molecular formula is C32H45NO9. The van der Waals surface area contributed by atoms with E-state index in [1.807, 2.05) is 6.07 Å². The summed E-state index contributed by atoms with van der Waals surface area (Å²) in [5, 5.41) is 37.6. The first kappa shape index (κ1) is 29.1. The Morgan fingerprint density at radius 2 is 1.69 bits per heavy atom. The van der Waals surface area contributed by atoms with Crippen LogP contribution in [0.1, 0.15) is 36.5 Å². The highest BCUT2D eigenvalue weighted by atomic mass is 16.6. The summed E-state index contributed by atoms with van der Waals surface area (Å²) in [4.78, 5) is 15.9. The second-order valence-corrected chi connectivity index (χ2v) is 13.8. The van der Waals surface area contributed by atoms with Gasteiger partial charge in [0.15, 0.2) is 0 Å². The van der Waals surface area contributed by atoms with E-state index in [1.165, 1.54) is 0 Å². The molecular weight excluding hydrogens is 542 g/mol. The summed E-state index contributed by atoms with van der Waals surface area (Å²) in [6, 6.07) is 8.63. The molecule has 5 saturated carbocycles. The molecule has 6 aliphatic rings. The third-order valence-corrected chi connectivity index (χ3v) is 12.8. The lowest BCUT2D eigenvalue weighted by atomic mass is 9.42. The Balaban J connectivity index is 1.46. The maximum atomic E-state index is 13.5. The molecule has 5 aliphatic carbocycles. The molecule has 42 heavy (non-hydrogen) atoms. The summed E-state index contributed by atoms with van der Waals surface area (Å²) in [7, 11) is 6.60. The van der Waals surface area contributed by atoms with Gasteiger partial charge in [-0.1, -0.05) is 25.1 Å². The standard InChI is InChI=1S/C32H45NO9/c1-6-33-15-29(16-38-2)19(34)12-20(39-3)32-18-13-30(36)21(40-4)14-31(37,23(26(32)33)24(41-5)25(29)32)22(18)27(30)42-28(35)17-10-8-7-9-11-17/h7-11,18-27,34,36-37H,6,12-16H2,1-5H3/t18-,19?,20+,21+,22-,23+,24+,25-,26-,27-,29+,30-,31-,32+/m1/s1. The van der Waals surface area contributed by atoms with Crippen molar-refractivity contribution in [2.24, 2.45) is 34.5 Å². The van der Waals surface area contributed by atoms with Gasteiger partial charge in [-0.3, -0.25) is 4.90 Å². The number of methoxy groups -OCH3 is 4. The molecule has 6 fully saturated rings. The minimum atomic E-state index is -1.51. The molecule has 1 aromatic carbocycles. The van der Waals surface area contributed by atoms with Crippen molar-refractivity contribution in [3.8, 4) is 0 Å². The number of likely N-dealkylation sites (tertiary alicyclic amines) is 1. The predicted molar refractivity (Wildman–Crippen MR) is 150 cm³/mol. The number of hydrogen-bond acceptors (Lipinski definition) is 10. The molecule has 0 radical (unpaired) electrons. The van der Waals surface area contributed by atoms with E-state index in [1.54, 1.807) is 52.7 Å². The van der Waals surface area contributed by atoms with Crippen molar-refractivity contribution in [3.05, 3.63) is 35.9 Å². The molecule has 1 saturated heterocycles. The Kier molecular flexibility index (Phi) is 6.71. The van der Waals surface area contributed by atoms with Gasteiger partial charge in [0.05, 0.1) is 42.2 Å². The van der Waals surface area contributed by atoms with Crippen molar-refractivity contribution in [2.75, 3.05) is 48.1 Å². The number of hydrogen-bond donors (Lipinski definition) is 3. The zero-order chi connectivity index (χ0) is 29.8. The summed E-state index contributed by atoms with van der Waals surface area (Å²) >= 11 is 0. The van der Waals surface area contributed by atoms with Crippen molar-refractivity contribution < 1.29 is 43.8 Å². The normalized spacial score (nSPS) is 51.9. The molecule has 1 spiro atoms. The third kappa shape index (κ3) is 3.20. The highest BCUT2D eigenvalue weighted by Crippen LogP contribution is 2.80. The maximum absolute atomic E-state index is 13.5. The van der Waals surface area contributed by atoms with Crippen molar-refractivity contribution >= 4 is 5.97 Å². The van der Waals surface area contributed by atoms with Gasteiger partial charge in [0.2, 0.25) is 0 Å². The Bertz CT molecular complexity index is 1220. The van der Waals surface area contributed by atoms with Gasteiger partial charge in [-0.05, 0) is 31.0 Å². The van der Waals surface area contributed by atoms with E-state index in [4.69, 9.17) is 23.7 Å². The van der Waals surface area contributed by atoms with E-state index in [-0.39, 0.29) is 36.8 Å². The van der Waals surface area contributed by atoms with Crippen LogP contribution < -0.4 is 0 Å². The summed E-state index contributed by atoms with van der Waals surface area (Å²) in [6.07, 6.45) is -2.36. The fourth-order valence-electron chi connectivity index (χ4n) is 11.8. The van der Waals surface area contributed by atoms with Gasteiger partial charge < -0.3 is 39.0 Å². The van der Waals surface area contributed by atoms with Crippen LogP contribution in [0.3, 0.4) is 0 Å². The second-order valence-electron chi connectivity index (χ2n) is 13.8. The Morgan fingerprint density at radius 3 is 2.31 bits per heavy atom. The van der Waals surface area contributed by atoms with E-state index in [0.717, 1.165) is 0 Å². The number of benzene rings is 1. The summed E-state index contributed by atoms with van der Waals surface area (Å²) in [5.41, 5.74) is -3.77. The number of rotatable bonds is 8. The van der Waals surface area contributed by atoms with Crippen molar-refractivity contribution in [1.29, 1.82) is 0 Å². The topological polar surface area (TPSA) is 127 Å². The minimum Gasteiger partial charge on any atom is -0.455 e. The van der Waals surface area contributed by atoms with Crippen LogP contribution in [0.4, 0.5) is 0 Å². The number of esters is 1. The average molecular weight is 588 g/mol. The minimum absolute atomic E-state index is 0.130. The smallest absolute Gasteiger partial charge is 0.338 e. The van der Waals surface area contributed by atoms with Crippen LogP contribution in [0.25, 0.3) is 0 Å². The van der Waals surface area contributed by atoms with Crippen molar-refractivity contribution in [3.63, 3.8) is 0 Å². The molecule has 1 unspecified atom stereocenters. The number of piperidine rings is 1. The zero-order valence-corrected chi connectivity index (χ0v) is 25.1. The van der Waals surface area contributed by atoms with E-state index in [2.05, 4.69) is 11.8 Å². The van der Waals surface area contributed by atoms with Crippen LogP contribution in [0.5, 0.6) is 0 Å². The van der Waals surface area contributed by atoms with Gasteiger partial charge in [-0.25, -0.2) is 4.79 Å². The molecule has 10 nitrogen and oxygen atoms in total. The van der Waals surface area contributed by atoms with Gasteiger partial charge in [0.25, 0.3) is 0 Å². The van der Waals surface area contributed by atoms with Gasteiger partial charge in [0, 0.05) is 82.5 Å². The molecule has 1 heterocycles. The number of carbonyl (C=O) groups excluding carboxylic acids is 1. The summed E-state index contributed by atoms with van der Waals surface area (Å²) < 4.78 is 30.8. The molecule has 1 aliphatic heterocycles. The van der Waals surface area contributed by atoms with Gasteiger partial charge in [0.1, 0.15) is 11.7 Å². The molecule has 232 valence electrons. The largest absolute Gasteiger partial charge is 0.455 e. The number of nitrogens with zero attached hydrogens (tertiary/aromatic N) is 1. The number of aliphatic hydroxyl groups is 3. The summed E-state index contributed by atoms with van der Waals surface area (Å²) in [6.45, 7) is 3.76. The van der Waals surface area contributed by atoms with Gasteiger partial charge in [-0.2, -0.15) is 0 Å². The number of ether oxygens (including phenoxy) is 5. The van der Waals surface area contributed by atoms with Crippen LogP contribution in [0.15, 0.2) is 30.3 Å². The van der Waals surface area contributed by atoms with Crippen LogP contribution in [-0.2, 0) is 23.7 Å². The quantitative estimate of drug-likeness (QED) is 0.381. The molecule has 0 aromatic heterocycles. The van der Waals surface area contributed by atoms with Gasteiger partial charge in [-0.15, -0.1) is 0 Å². The molecule has 3 N–H and O–H groups in total. The third-order valence-electron chi connectivity index (χ3n) is 12.8. The monoisotopic (exact) mass is 587 g/mol. The zero-order valence-electron chi connectivity index (χ0n) is 25.1. The fraction of sp³-hybridized carbons (Fsp3) is 0.781. The molecule has 10 heteroatoms. The first-order valence-electron chi connectivity index (χ1n) is 15.3. The van der Waals surface area contributed by atoms with Gasteiger partial charge >= 0.3 is 5.97 Å². The van der Waals surface area contributed by atoms with E-state index < -0.39 is 64.3 Å². The molecule has 7 bridgehead atoms. The summed E-state index contributed by atoms with van der Waals surface area (Å²) in [5.74, 6) is -2.02. The molecule has 7 rings (SSSR count). The number of carbonyl (C=O) groups is 1. The number of aliphatic hydroxyl groups excluding tert-OH is 1. The Hall–Kier alpha value is -1.63. The first-order chi connectivity index (χ1) is 20.1. The first-order valence-corrected chi connectivity index (χ1v) is 15.3. The Morgan fingerprint density at radius 1 is 0.976 bits per heavy atom. The maximum Gasteiger partial charge on any atom is 0.338 e. The second kappa shape index (κ2) is 9.68. The lowest BCUT2D eigenvalue weighted by Crippen LogP contribution is -2.79. The van der Waals surface area contributed by atoms with Crippen LogP contribution >= 0.6 is 0 Å². The van der Waals surface area contributed by atoms with E-state index >= 15 is 0 Å². The molecule has 0 amide bonds. The lowest BCUT2D eigenvalue weighted by molar-refractivity contribution is -0.298.